The number of hydrogen-bond donors (Lipinski definition) is 0. The lowest BCUT2D eigenvalue weighted by atomic mass is 9.92. The summed E-state index contributed by atoms with van der Waals surface area (Å²) in [4.78, 5) is 44.3. The summed E-state index contributed by atoms with van der Waals surface area (Å²) >= 11 is 5.26. The van der Waals surface area contributed by atoms with Gasteiger partial charge in [-0.15, -0.1) is 0 Å². The van der Waals surface area contributed by atoms with E-state index in [4.69, 9.17) is 17.0 Å². The van der Waals surface area contributed by atoms with Crippen LogP contribution in [0.2, 0.25) is 0 Å². The Morgan fingerprint density at radius 3 is 2.74 bits per heavy atom. The first-order chi connectivity index (χ1) is 13.0. The van der Waals surface area contributed by atoms with Gasteiger partial charge in [0.15, 0.2) is 0 Å². The van der Waals surface area contributed by atoms with Gasteiger partial charge in [0.1, 0.15) is 0 Å². The highest BCUT2D eigenvalue weighted by atomic mass is 32.1. The molecule has 3 aliphatic rings. The Labute approximate surface area is 163 Å². The van der Waals surface area contributed by atoms with Crippen LogP contribution in [0, 0.1) is 5.92 Å². The molecule has 0 spiro atoms. The van der Waals surface area contributed by atoms with Crippen molar-refractivity contribution in [1.29, 1.82) is 0 Å². The Bertz CT molecular complexity index is 750. The topological polar surface area (TPSA) is 79.3 Å². The normalized spacial score (nSPS) is 22.2. The molecule has 0 aromatic carbocycles. The minimum absolute atomic E-state index is 0.137. The number of aliphatic imine (C=N–C) groups is 1. The van der Waals surface area contributed by atoms with Crippen LogP contribution in [0.15, 0.2) is 28.8 Å². The SMILES string of the molecule is COC(=O)C1=CC2=NC(=S)N(CCCC(=O)N3CCCCC3)C(=O)C2C=C1. The van der Waals surface area contributed by atoms with Crippen LogP contribution < -0.4 is 0 Å². The summed E-state index contributed by atoms with van der Waals surface area (Å²) in [5.74, 6) is -1.07. The van der Waals surface area contributed by atoms with Gasteiger partial charge < -0.3 is 9.64 Å². The van der Waals surface area contributed by atoms with Gasteiger partial charge in [-0.25, -0.2) is 9.79 Å². The van der Waals surface area contributed by atoms with Crippen LogP contribution in [0.4, 0.5) is 0 Å². The Hall–Kier alpha value is -2.35. The van der Waals surface area contributed by atoms with Crippen molar-refractivity contribution in [1.82, 2.24) is 9.80 Å². The summed E-state index contributed by atoms with van der Waals surface area (Å²) in [6.07, 6.45) is 9.00. The standard InChI is InChI=1S/C19H23N3O4S/c1-26-18(25)13-7-8-14-15(12-13)20-19(27)22(17(14)24)11-5-6-16(23)21-9-3-2-4-10-21/h7-8,12,14H,2-6,9-11H2,1H3. The lowest BCUT2D eigenvalue weighted by molar-refractivity contribution is -0.136. The zero-order chi connectivity index (χ0) is 19.4. The van der Waals surface area contributed by atoms with Gasteiger partial charge in [0.25, 0.3) is 0 Å². The van der Waals surface area contributed by atoms with E-state index < -0.39 is 11.9 Å². The van der Waals surface area contributed by atoms with Crippen LogP contribution in [0.5, 0.6) is 0 Å². The maximum absolute atomic E-state index is 12.8. The quantitative estimate of drug-likeness (QED) is 0.527. The molecule has 0 aromatic heterocycles. The Balaban J connectivity index is 1.59. The summed E-state index contributed by atoms with van der Waals surface area (Å²) < 4.78 is 4.69. The number of rotatable bonds is 5. The zero-order valence-electron chi connectivity index (χ0n) is 15.3. The number of allylic oxidation sites excluding steroid dienone is 1. The molecule has 1 unspecified atom stereocenters. The summed E-state index contributed by atoms with van der Waals surface area (Å²) in [6.45, 7) is 2.02. The molecule has 0 bridgehead atoms. The number of fused-ring (bicyclic) bond motifs is 1. The monoisotopic (exact) mass is 389 g/mol. The van der Waals surface area contributed by atoms with Gasteiger partial charge in [-0.2, -0.15) is 0 Å². The number of methoxy groups -OCH3 is 1. The predicted molar refractivity (Wildman–Crippen MR) is 104 cm³/mol. The molecule has 2 aliphatic heterocycles. The van der Waals surface area contributed by atoms with E-state index in [2.05, 4.69) is 4.99 Å². The van der Waals surface area contributed by atoms with Gasteiger partial charge >= 0.3 is 5.97 Å². The molecule has 0 aromatic rings. The van der Waals surface area contributed by atoms with Gasteiger partial charge in [0.05, 0.1) is 24.3 Å². The van der Waals surface area contributed by atoms with Crippen LogP contribution in [0.25, 0.3) is 0 Å². The maximum Gasteiger partial charge on any atom is 0.337 e. The van der Waals surface area contributed by atoms with E-state index in [0.717, 1.165) is 25.9 Å². The van der Waals surface area contributed by atoms with Crippen LogP contribution in [-0.2, 0) is 19.1 Å². The van der Waals surface area contributed by atoms with Crippen molar-refractivity contribution < 1.29 is 19.1 Å². The molecular weight excluding hydrogens is 366 g/mol. The average molecular weight is 389 g/mol. The molecule has 1 saturated heterocycles. The smallest absolute Gasteiger partial charge is 0.337 e. The van der Waals surface area contributed by atoms with E-state index in [1.807, 2.05) is 4.90 Å². The Kier molecular flexibility index (Phi) is 6.15. The average Bonchev–Trinajstić information content (AvgIpc) is 2.69. The number of nitrogens with zero attached hydrogens (tertiary/aromatic N) is 3. The van der Waals surface area contributed by atoms with Crippen molar-refractivity contribution >= 4 is 40.8 Å². The molecule has 2 heterocycles. The third kappa shape index (κ3) is 4.32. The number of thiocarbonyl (C=S) groups is 1. The number of piperidine rings is 1. The van der Waals surface area contributed by atoms with Crippen molar-refractivity contribution in [2.45, 2.75) is 32.1 Å². The number of carbonyl (C=O) groups is 3. The third-order valence-electron chi connectivity index (χ3n) is 4.98. The van der Waals surface area contributed by atoms with Gasteiger partial charge in [-0.3, -0.25) is 14.5 Å². The first-order valence-electron chi connectivity index (χ1n) is 9.21. The molecule has 27 heavy (non-hydrogen) atoms. The molecule has 3 rings (SSSR count). The molecule has 0 radical (unpaired) electrons. The van der Waals surface area contributed by atoms with Crippen LogP contribution in [0.1, 0.15) is 32.1 Å². The van der Waals surface area contributed by atoms with Gasteiger partial charge in [0, 0.05) is 26.1 Å². The number of esters is 1. The van der Waals surface area contributed by atoms with E-state index in [-0.39, 0.29) is 16.9 Å². The second-order valence-electron chi connectivity index (χ2n) is 6.78. The first-order valence-corrected chi connectivity index (χ1v) is 9.62. The molecule has 7 nitrogen and oxygen atoms in total. The van der Waals surface area contributed by atoms with E-state index in [1.54, 1.807) is 12.2 Å². The molecule has 1 aliphatic carbocycles. The van der Waals surface area contributed by atoms with E-state index in [9.17, 15) is 14.4 Å². The van der Waals surface area contributed by atoms with Crippen LogP contribution in [0.3, 0.4) is 0 Å². The van der Waals surface area contributed by atoms with Crippen LogP contribution >= 0.6 is 12.2 Å². The van der Waals surface area contributed by atoms with Crippen LogP contribution in [-0.4, -0.2) is 65.2 Å². The molecule has 8 heteroatoms. The minimum atomic E-state index is -0.553. The summed E-state index contributed by atoms with van der Waals surface area (Å²) in [6, 6.07) is 0. The van der Waals surface area contributed by atoms with Crippen molar-refractivity contribution in [2.24, 2.45) is 10.9 Å². The van der Waals surface area contributed by atoms with Gasteiger partial charge in [0.2, 0.25) is 16.9 Å². The van der Waals surface area contributed by atoms with E-state index >= 15 is 0 Å². The molecule has 144 valence electrons. The molecule has 2 amide bonds. The molecule has 0 saturated carbocycles. The van der Waals surface area contributed by atoms with Crippen molar-refractivity contribution in [3.05, 3.63) is 23.8 Å². The fourth-order valence-corrected chi connectivity index (χ4v) is 3.77. The molecule has 1 atom stereocenters. The van der Waals surface area contributed by atoms with Crippen molar-refractivity contribution in [3.63, 3.8) is 0 Å². The highest BCUT2D eigenvalue weighted by Crippen LogP contribution is 2.23. The second kappa shape index (κ2) is 8.56. The predicted octanol–water partition coefficient (Wildman–Crippen LogP) is 1.63. The Morgan fingerprint density at radius 2 is 2.04 bits per heavy atom. The maximum atomic E-state index is 12.8. The van der Waals surface area contributed by atoms with Gasteiger partial charge in [-0.05, 0) is 44.0 Å². The fourth-order valence-electron chi connectivity index (χ4n) is 3.48. The lowest BCUT2D eigenvalue weighted by Crippen LogP contribution is -2.46. The Morgan fingerprint density at radius 1 is 1.30 bits per heavy atom. The minimum Gasteiger partial charge on any atom is -0.465 e. The highest BCUT2D eigenvalue weighted by molar-refractivity contribution is 7.80. The summed E-state index contributed by atoms with van der Waals surface area (Å²) in [5.41, 5.74) is 0.789. The number of ether oxygens (including phenoxy) is 1. The number of hydrogen-bond acceptors (Lipinski definition) is 5. The third-order valence-corrected chi connectivity index (χ3v) is 5.29. The van der Waals surface area contributed by atoms with E-state index in [1.165, 1.54) is 24.5 Å². The molecule has 1 fully saturated rings. The fraction of sp³-hybridized carbons (Fsp3) is 0.526. The lowest BCUT2D eigenvalue weighted by Gasteiger charge is -2.31. The second-order valence-corrected chi connectivity index (χ2v) is 7.15. The zero-order valence-corrected chi connectivity index (χ0v) is 16.2. The number of carbonyl (C=O) groups excluding carboxylic acids is 3. The van der Waals surface area contributed by atoms with Crippen molar-refractivity contribution in [2.75, 3.05) is 26.7 Å². The molecule has 0 N–H and O–H groups in total. The number of amides is 2. The molecular formula is C19H23N3O4S. The van der Waals surface area contributed by atoms with E-state index in [0.29, 0.717) is 30.7 Å². The number of likely N-dealkylation sites (tertiary alicyclic amines) is 1. The summed E-state index contributed by atoms with van der Waals surface area (Å²) in [5, 5.41) is 0.174. The highest BCUT2D eigenvalue weighted by Gasteiger charge is 2.35. The summed E-state index contributed by atoms with van der Waals surface area (Å²) in [7, 11) is 1.30. The largest absolute Gasteiger partial charge is 0.465 e. The van der Waals surface area contributed by atoms with Gasteiger partial charge in [-0.1, -0.05) is 12.2 Å². The first kappa shape index (κ1) is 19.4. The van der Waals surface area contributed by atoms with Crippen molar-refractivity contribution in [3.8, 4) is 0 Å².